The molecule has 1 saturated carbocycles. The van der Waals surface area contributed by atoms with E-state index in [1.54, 1.807) is 97.0 Å². The second kappa shape index (κ2) is 12.8. The molecular formula is C32H37N3O7. The summed E-state index contributed by atoms with van der Waals surface area (Å²) in [5, 5.41) is 8.85. The third kappa shape index (κ3) is 6.12. The molecule has 0 spiro atoms. The van der Waals surface area contributed by atoms with Gasteiger partial charge in [0.1, 0.15) is 23.0 Å². The fourth-order valence-electron chi connectivity index (χ4n) is 5.37. The van der Waals surface area contributed by atoms with E-state index in [0.29, 0.717) is 34.2 Å². The molecule has 3 aromatic rings. The second-order valence-corrected chi connectivity index (χ2v) is 10.2. The topological polar surface area (TPSA) is 124 Å². The lowest BCUT2D eigenvalue weighted by Gasteiger charge is -2.15. The maximum atomic E-state index is 14.0. The van der Waals surface area contributed by atoms with Crippen molar-refractivity contribution in [3.63, 3.8) is 0 Å². The molecule has 1 fully saturated rings. The van der Waals surface area contributed by atoms with Crippen LogP contribution in [0, 0.1) is 17.3 Å². The number of carbonyl (C=O) groups excluding carboxylic acids is 3. The molecule has 2 amide bonds. The van der Waals surface area contributed by atoms with Gasteiger partial charge in [0.25, 0.3) is 0 Å². The van der Waals surface area contributed by atoms with Crippen LogP contribution in [0.15, 0.2) is 60.7 Å². The number of hydrogen-bond donors (Lipinski definition) is 3. The summed E-state index contributed by atoms with van der Waals surface area (Å²) >= 11 is 0. The van der Waals surface area contributed by atoms with Crippen molar-refractivity contribution in [1.29, 1.82) is 0 Å². The number of Topliss-reactive ketones (excluding diaryl/α,β-unsaturated/α-hetero) is 1. The lowest BCUT2D eigenvalue weighted by Crippen LogP contribution is -2.29. The second-order valence-electron chi connectivity index (χ2n) is 10.2. The van der Waals surface area contributed by atoms with Gasteiger partial charge in [0.15, 0.2) is 5.78 Å². The predicted molar refractivity (Wildman–Crippen MR) is 158 cm³/mol. The first-order valence-corrected chi connectivity index (χ1v) is 13.5. The lowest BCUT2D eigenvalue weighted by atomic mass is 9.91. The molecule has 1 aliphatic carbocycles. The van der Waals surface area contributed by atoms with Gasteiger partial charge in [-0.2, -0.15) is 0 Å². The van der Waals surface area contributed by atoms with Gasteiger partial charge in [-0.1, -0.05) is 19.1 Å². The van der Waals surface area contributed by atoms with Crippen LogP contribution in [0.25, 0.3) is 0 Å². The highest BCUT2D eigenvalue weighted by Gasteiger charge is 2.72. The van der Waals surface area contributed by atoms with Crippen molar-refractivity contribution in [2.75, 3.05) is 40.8 Å². The number of nitrogens with one attached hydrogen (secondary N) is 3. The Kier molecular flexibility index (Phi) is 9.25. The molecule has 222 valence electrons. The number of para-hydroxylation sites is 1. The minimum atomic E-state index is -1.25. The van der Waals surface area contributed by atoms with Gasteiger partial charge in [0.2, 0.25) is 11.8 Å². The van der Waals surface area contributed by atoms with E-state index in [4.69, 9.17) is 18.9 Å². The van der Waals surface area contributed by atoms with E-state index in [1.165, 1.54) is 0 Å². The molecule has 3 aromatic carbocycles. The van der Waals surface area contributed by atoms with Crippen molar-refractivity contribution in [3.8, 4) is 23.0 Å². The van der Waals surface area contributed by atoms with Crippen LogP contribution in [0.4, 0.5) is 5.69 Å². The van der Waals surface area contributed by atoms with Gasteiger partial charge in [-0.05, 0) is 47.5 Å². The minimum Gasteiger partial charge on any atom is -0.497 e. The first kappa shape index (κ1) is 30.2. The molecule has 3 N–H and O–H groups in total. The average Bonchev–Trinajstić information content (AvgIpc) is 3.67. The maximum absolute atomic E-state index is 14.0. The molecule has 1 aliphatic rings. The van der Waals surface area contributed by atoms with E-state index in [0.717, 1.165) is 11.1 Å². The Morgan fingerprint density at radius 2 is 1.10 bits per heavy atom. The largest absolute Gasteiger partial charge is 0.497 e. The normalized spacial score (nSPS) is 18.8. The molecule has 0 heterocycles. The summed E-state index contributed by atoms with van der Waals surface area (Å²) in [6.07, 6.45) is 0. The summed E-state index contributed by atoms with van der Waals surface area (Å²) in [6.45, 7) is 2.01. The fourth-order valence-corrected chi connectivity index (χ4v) is 5.37. The molecule has 42 heavy (non-hydrogen) atoms. The zero-order valence-corrected chi connectivity index (χ0v) is 24.7. The summed E-state index contributed by atoms with van der Waals surface area (Å²) < 4.78 is 21.3. The Morgan fingerprint density at radius 3 is 1.48 bits per heavy atom. The number of methoxy groups -OCH3 is 4. The Hall–Kier alpha value is -4.73. The Balaban J connectivity index is 1.57. The van der Waals surface area contributed by atoms with E-state index in [9.17, 15) is 14.4 Å². The average molecular weight is 576 g/mol. The van der Waals surface area contributed by atoms with E-state index in [2.05, 4.69) is 16.0 Å². The molecule has 1 unspecified atom stereocenters. The number of hydrogen-bond acceptors (Lipinski definition) is 8. The van der Waals surface area contributed by atoms with Crippen molar-refractivity contribution in [3.05, 3.63) is 77.4 Å². The van der Waals surface area contributed by atoms with Crippen LogP contribution in [0.5, 0.6) is 23.0 Å². The van der Waals surface area contributed by atoms with Gasteiger partial charge in [0.05, 0.1) is 45.7 Å². The molecule has 0 aromatic heterocycles. The Morgan fingerprint density at radius 1 is 0.690 bits per heavy atom. The molecule has 3 atom stereocenters. The monoisotopic (exact) mass is 575 g/mol. The quantitative estimate of drug-likeness (QED) is 0.263. The maximum Gasteiger partial charge on any atom is 0.225 e. The van der Waals surface area contributed by atoms with E-state index in [1.807, 2.05) is 6.07 Å². The highest BCUT2D eigenvalue weighted by molar-refractivity contribution is 6.14. The van der Waals surface area contributed by atoms with Crippen molar-refractivity contribution in [2.45, 2.75) is 20.0 Å². The van der Waals surface area contributed by atoms with Crippen LogP contribution >= 0.6 is 0 Å². The molecule has 0 aliphatic heterocycles. The van der Waals surface area contributed by atoms with Gasteiger partial charge >= 0.3 is 0 Å². The molecule has 0 bridgehead atoms. The minimum absolute atomic E-state index is 0.165. The van der Waals surface area contributed by atoms with Crippen molar-refractivity contribution in [2.24, 2.45) is 17.3 Å². The molecule has 0 saturated heterocycles. The number of benzene rings is 3. The summed E-state index contributed by atoms with van der Waals surface area (Å²) in [5.41, 5.74) is 1.30. The summed E-state index contributed by atoms with van der Waals surface area (Å²) in [4.78, 5) is 41.1. The van der Waals surface area contributed by atoms with Crippen LogP contribution in [0.2, 0.25) is 0 Å². The number of ketones is 1. The van der Waals surface area contributed by atoms with Gasteiger partial charge in [-0.3, -0.25) is 14.4 Å². The smallest absolute Gasteiger partial charge is 0.225 e. The number of rotatable bonds is 13. The van der Waals surface area contributed by atoms with Crippen LogP contribution in [-0.2, 0) is 22.7 Å². The first-order chi connectivity index (χ1) is 20.2. The molecular weight excluding hydrogens is 538 g/mol. The van der Waals surface area contributed by atoms with Gasteiger partial charge in [-0.15, -0.1) is 0 Å². The van der Waals surface area contributed by atoms with Crippen molar-refractivity contribution in [1.82, 2.24) is 10.6 Å². The number of anilines is 1. The number of carbonyl (C=O) groups is 3. The standard InChI is InChI=1S/C32H37N3O7/c1-32(29(36)25-9-7-8-10-26(25)33-2)27(30(37)34-17-19-11-21(39-3)15-22(12-19)40-4)28(32)31(38)35-18-20-13-23(41-5)16-24(14-20)42-6/h7-16,27-28,33H,17-18H2,1-6H3,(H,34,37)(H,35,38)/t27-,28+,32?. The highest BCUT2D eigenvalue weighted by atomic mass is 16.5. The van der Waals surface area contributed by atoms with Crippen LogP contribution in [-0.4, -0.2) is 53.1 Å². The third-order valence-corrected chi connectivity index (χ3v) is 7.77. The first-order valence-electron chi connectivity index (χ1n) is 13.5. The number of amides is 2. The SMILES string of the molecule is CNc1ccccc1C(=O)C1(C)[C@H](C(=O)NCc2cc(OC)cc(OC)c2)[C@@H]1C(=O)NCc1cc(OC)cc(OC)c1. The van der Waals surface area contributed by atoms with Gasteiger partial charge in [0, 0.05) is 43.5 Å². The fraction of sp³-hybridized carbons (Fsp3) is 0.344. The van der Waals surface area contributed by atoms with Crippen LogP contribution in [0.1, 0.15) is 28.4 Å². The Bertz CT molecular complexity index is 1350. The molecule has 10 nitrogen and oxygen atoms in total. The third-order valence-electron chi connectivity index (χ3n) is 7.77. The van der Waals surface area contributed by atoms with Crippen LogP contribution in [0.3, 0.4) is 0 Å². The van der Waals surface area contributed by atoms with E-state index < -0.39 is 29.1 Å². The zero-order valence-electron chi connectivity index (χ0n) is 24.7. The summed E-state index contributed by atoms with van der Waals surface area (Å²) in [5.74, 6) is -0.473. The summed E-state index contributed by atoms with van der Waals surface area (Å²) in [6, 6.07) is 17.7. The van der Waals surface area contributed by atoms with Crippen molar-refractivity contribution >= 4 is 23.3 Å². The Labute approximate surface area is 245 Å². The number of ether oxygens (including phenoxy) is 4. The van der Waals surface area contributed by atoms with Gasteiger partial charge in [-0.25, -0.2) is 0 Å². The highest BCUT2D eigenvalue weighted by Crippen LogP contribution is 2.61. The van der Waals surface area contributed by atoms with Crippen LogP contribution < -0.4 is 34.9 Å². The van der Waals surface area contributed by atoms with E-state index in [-0.39, 0.29) is 18.9 Å². The predicted octanol–water partition coefficient (Wildman–Crippen LogP) is 3.83. The molecule has 0 radical (unpaired) electrons. The van der Waals surface area contributed by atoms with Crippen molar-refractivity contribution < 1.29 is 33.3 Å². The van der Waals surface area contributed by atoms with Gasteiger partial charge < -0.3 is 34.9 Å². The molecule has 4 rings (SSSR count). The summed E-state index contributed by atoms with van der Waals surface area (Å²) in [7, 11) is 7.91. The van der Waals surface area contributed by atoms with E-state index >= 15 is 0 Å². The lowest BCUT2D eigenvalue weighted by molar-refractivity contribution is -0.127. The zero-order chi connectivity index (χ0) is 30.4. The molecule has 10 heteroatoms.